The third-order valence-electron chi connectivity index (χ3n) is 4.06. The van der Waals surface area contributed by atoms with Gasteiger partial charge in [0, 0.05) is 4.47 Å². The monoisotopic (exact) mass is 423 g/mol. The first kappa shape index (κ1) is 19.9. The zero-order valence-corrected chi connectivity index (χ0v) is 16.8. The van der Waals surface area contributed by atoms with Crippen LogP contribution in [-0.2, 0) is 11.2 Å². The number of carbonyl (C=O) groups excluding carboxylic acids is 1. The van der Waals surface area contributed by atoms with Gasteiger partial charge in [-0.15, -0.1) is 0 Å². The number of hydrogen-bond donors (Lipinski definition) is 1. The molecular weight excluding hydrogens is 402 g/mol. The number of methoxy groups -OCH3 is 4. The van der Waals surface area contributed by atoms with Gasteiger partial charge in [0.25, 0.3) is 0 Å². The van der Waals surface area contributed by atoms with E-state index >= 15 is 0 Å². The Morgan fingerprint density at radius 3 is 2.08 bits per heavy atom. The smallest absolute Gasteiger partial charge is 0.207 e. The standard InChI is InChI=1S/C19H22BrNO5/c1-23-16-6-5-12(8-17(16)24-2)15(21-11-22)7-13-9-18(25-3)19(26-4)10-14(13)20/h5-6,8-11,15H,7H2,1-4H3,(H,21,22)/t15-/m1/s1. The summed E-state index contributed by atoms with van der Waals surface area (Å²) in [6.07, 6.45) is 1.24. The second-order valence-corrected chi connectivity index (χ2v) is 6.31. The highest BCUT2D eigenvalue weighted by Crippen LogP contribution is 2.36. The molecule has 0 aliphatic rings. The van der Waals surface area contributed by atoms with Crippen LogP contribution in [0, 0.1) is 0 Å². The molecule has 2 rings (SSSR count). The van der Waals surface area contributed by atoms with Gasteiger partial charge >= 0.3 is 0 Å². The minimum Gasteiger partial charge on any atom is -0.493 e. The number of halogens is 1. The molecule has 2 aromatic rings. The Morgan fingerprint density at radius 1 is 0.923 bits per heavy atom. The molecule has 1 N–H and O–H groups in total. The Bertz CT molecular complexity index is 766. The van der Waals surface area contributed by atoms with E-state index in [0.717, 1.165) is 15.6 Å². The first-order valence-corrected chi connectivity index (χ1v) is 8.69. The van der Waals surface area contributed by atoms with E-state index in [0.29, 0.717) is 35.8 Å². The maximum Gasteiger partial charge on any atom is 0.207 e. The quantitative estimate of drug-likeness (QED) is 0.625. The highest BCUT2D eigenvalue weighted by Gasteiger charge is 2.18. The van der Waals surface area contributed by atoms with Gasteiger partial charge in [-0.1, -0.05) is 22.0 Å². The number of rotatable bonds is 9. The van der Waals surface area contributed by atoms with Crippen molar-refractivity contribution >= 4 is 22.3 Å². The third-order valence-corrected chi connectivity index (χ3v) is 4.79. The van der Waals surface area contributed by atoms with Crippen molar-refractivity contribution in [1.82, 2.24) is 5.32 Å². The molecule has 0 aromatic heterocycles. The molecule has 1 atom stereocenters. The Hall–Kier alpha value is -2.41. The normalized spacial score (nSPS) is 11.4. The van der Waals surface area contributed by atoms with Crippen LogP contribution in [0.4, 0.5) is 0 Å². The number of nitrogens with one attached hydrogen (secondary N) is 1. The minimum absolute atomic E-state index is 0.248. The van der Waals surface area contributed by atoms with Crippen LogP contribution in [-0.4, -0.2) is 34.8 Å². The predicted octanol–water partition coefficient (Wildman–Crippen LogP) is 3.51. The summed E-state index contributed by atoms with van der Waals surface area (Å²) < 4.78 is 22.2. The number of hydrogen-bond acceptors (Lipinski definition) is 5. The van der Waals surface area contributed by atoms with Gasteiger partial charge in [-0.25, -0.2) is 0 Å². The largest absolute Gasteiger partial charge is 0.493 e. The van der Waals surface area contributed by atoms with Crippen LogP contribution in [0.5, 0.6) is 23.0 Å². The van der Waals surface area contributed by atoms with Gasteiger partial charge < -0.3 is 24.3 Å². The van der Waals surface area contributed by atoms with Gasteiger partial charge in [-0.2, -0.15) is 0 Å². The van der Waals surface area contributed by atoms with Crippen LogP contribution in [0.25, 0.3) is 0 Å². The van der Waals surface area contributed by atoms with Crippen molar-refractivity contribution in [2.24, 2.45) is 0 Å². The van der Waals surface area contributed by atoms with Gasteiger partial charge in [0.1, 0.15) is 0 Å². The minimum atomic E-state index is -0.248. The summed E-state index contributed by atoms with van der Waals surface area (Å²) in [6, 6.07) is 9.06. The van der Waals surface area contributed by atoms with Gasteiger partial charge in [-0.3, -0.25) is 4.79 Å². The molecular formula is C19H22BrNO5. The lowest BCUT2D eigenvalue weighted by atomic mass is 9.98. The van der Waals surface area contributed by atoms with E-state index in [9.17, 15) is 4.79 Å². The van der Waals surface area contributed by atoms with Crippen molar-refractivity contribution in [2.75, 3.05) is 28.4 Å². The molecule has 7 heteroatoms. The lowest BCUT2D eigenvalue weighted by Crippen LogP contribution is -2.22. The lowest BCUT2D eigenvalue weighted by molar-refractivity contribution is -0.110. The first-order valence-electron chi connectivity index (χ1n) is 7.89. The van der Waals surface area contributed by atoms with E-state index < -0.39 is 0 Å². The summed E-state index contributed by atoms with van der Waals surface area (Å²) in [5.41, 5.74) is 1.87. The van der Waals surface area contributed by atoms with Crippen molar-refractivity contribution in [3.05, 3.63) is 45.9 Å². The molecule has 0 heterocycles. The van der Waals surface area contributed by atoms with E-state index in [-0.39, 0.29) is 6.04 Å². The molecule has 0 aliphatic heterocycles. The van der Waals surface area contributed by atoms with Crippen LogP contribution >= 0.6 is 15.9 Å². The highest BCUT2D eigenvalue weighted by molar-refractivity contribution is 9.10. The summed E-state index contributed by atoms with van der Waals surface area (Å²) in [5, 5.41) is 2.86. The van der Waals surface area contributed by atoms with Crippen molar-refractivity contribution in [2.45, 2.75) is 12.5 Å². The molecule has 0 fully saturated rings. The number of ether oxygens (including phenoxy) is 4. The van der Waals surface area contributed by atoms with Crippen molar-refractivity contribution < 1.29 is 23.7 Å². The zero-order chi connectivity index (χ0) is 19.1. The maximum atomic E-state index is 11.1. The van der Waals surface area contributed by atoms with E-state index in [1.54, 1.807) is 28.4 Å². The Balaban J connectivity index is 2.38. The number of benzene rings is 2. The maximum absolute atomic E-state index is 11.1. The molecule has 0 bridgehead atoms. The lowest BCUT2D eigenvalue weighted by Gasteiger charge is -2.20. The average Bonchev–Trinajstić information content (AvgIpc) is 2.67. The molecule has 0 saturated heterocycles. The van der Waals surface area contributed by atoms with Crippen molar-refractivity contribution in [3.63, 3.8) is 0 Å². The average molecular weight is 424 g/mol. The molecule has 0 spiro atoms. The SMILES string of the molecule is COc1ccc([C@@H](Cc2cc(OC)c(OC)cc2Br)NC=O)cc1OC. The van der Waals surface area contributed by atoms with Gasteiger partial charge in [0.2, 0.25) is 6.41 Å². The van der Waals surface area contributed by atoms with Gasteiger partial charge in [0.15, 0.2) is 23.0 Å². The molecule has 2 aromatic carbocycles. The fraction of sp³-hybridized carbons (Fsp3) is 0.316. The third kappa shape index (κ3) is 4.40. The van der Waals surface area contributed by atoms with Crippen LogP contribution in [0.2, 0.25) is 0 Å². The zero-order valence-electron chi connectivity index (χ0n) is 15.2. The molecule has 0 aliphatic carbocycles. The number of amides is 1. The highest BCUT2D eigenvalue weighted by atomic mass is 79.9. The second-order valence-electron chi connectivity index (χ2n) is 5.45. The van der Waals surface area contributed by atoms with Crippen LogP contribution in [0.15, 0.2) is 34.8 Å². The molecule has 6 nitrogen and oxygen atoms in total. The summed E-state index contributed by atoms with van der Waals surface area (Å²) in [5.74, 6) is 2.50. The van der Waals surface area contributed by atoms with Crippen molar-refractivity contribution in [1.29, 1.82) is 0 Å². The van der Waals surface area contributed by atoms with Crippen LogP contribution in [0.3, 0.4) is 0 Å². The van der Waals surface area contributed by atoms with E-state index in [4.69, 9.17) is 18.9 Å². The Kier molecular flexibility index (Phi) is 7.15. The number of carbonyl (C=O) groups is 1. The van der Waals surface area contributed by atoms with E-state index in [1.165, 1.54) is 0 Å². The van der Waals surface area contributed by atoms with E-state index in [2.05, 4.69) is 21.2 Å². The topological polar surface area (TPSA) is 66.0 Å². The predicted molar refractivity (Wildman–Crippen MR) is 102 cm³/mol. The molecule has 1 amide bonds. The van der Waals surface area contributed by atoms with E-state index in [1.807, 2.05) is 30.3 Å². The van der Waals surface area contributed by atoms with Gasteiger partial charge in [-0.05, 0) is 41.8 Å². The Labute approximate surface area is 161 Å². The molecule has 0 radical (unpaired) electrons. The molecule has 0 saturated carbocycles. The molecule has 140 valence electrons. The van der Waals surface area contributed by atoms with Crippen LogP contribution < -0.4 is 24.3 Å². The van der Waals surface area contributed by atoms with Crippen LogP contribution in [0.1, 0.15) is 17.2 Å². The first-order chi connectivity index (χ1) is 12.6. The second kappa shape index (κ2) is 9.33. The fourth-order valence-corrected chi connectivity index (χ4v) is 3.18. The summed E-state index contributed by atoms with van der Waals surface area (Å²) in [4.78, 5) is 11.1. The van der Waals surface area contributed by atoms with Gasteiger partial charge in [0.05, 0.1) is 34.5 Å². The fourth-order valence-electron chi connectivity index (χ4n) is 2.70. The molecule has 0 unspecified atom stereocenters. The van der Waals surface area contributed by atoms with Crippen molar-refractivity contribution in [3.8, 4) is 23.0 Å². The molecule has 26 heavy (non-hydrogen) atoms. The summed E-state index contributed by atoms with van der Waals surface area (Å²) >= 11 is 3.56. The summed E-state index contributed by atoms with van der Waals surface area (Å²) in [7, 11) is 6.34. The summed E-state index contributed by atoms with van der Waals surface area (Å²) in [6.45, 7) is 0. The Morgan fingerprint density at radius 2 is 1.50 bits per heavy atom.